The zero-order valence-electron chi connectivity index (χ0n) is 65.6. The minimum atomic E-state index is 0.685. The summed E-state index contributed by atoms with van der Waals surface area (Å²) in [6, 6.07) is 13.8. The number of piperidine rings is 8. The molecule has 17 aliphatic rings. The highest BCUT2D eigenvalue weighted by Gasteiger charge is 2.43. The third-order valence-corrected chi connectivity index (χ3v) is 24.7. The quantitative estimate of drug-likeness (QED) is 0.210. The summed E-state index contributed by atoms with van der Waals surface area (Å²) in [5.74, 6) is 5.29. The lowest BCUT2D eigenvalue weighted by atomic mass is 9.71. The summed E-state index contributed by atoms with van der Waals surface area (Å²) in [4.78, 5) is 25.4. The zero-order valence-corrected chi connectivity index (χ0v) is 65.6. The third-order valence-electron chi connectivity index (χ3n) is 24.7. The monoisotopic (exact) mass is 1280 g/mol. The molecule has 8 atom stereocenters. The summed E-state index contributed by atoms with van der Waals surface area (Å²) in [5.41, 5.74) is 0. The number of nitrogens with zero attached hydrogens (tertiary/aromatic N) is 10. The average molecular weight is 1280 g/mol. The van der Waals surface area contributed by atoms with Crippen LogP contribution in [-0.2, 0) is 4.74 Å². The van der Waals surface area contributed by atoms with Crippen LogP contribution in [0.1, 0.15) is 286 Å². The van der Waals surface area contributed by atoms with E-state index in [2.05, 4.69) is 216 Å². The number of rotatable bonds is 10. The van der Waals surface area contributed by atoms with Gasteiger partial charge in [-0.1, -0.05) is 19.3 Å². The van der Waals surface area contributed by atoms with Crippen molar-refractivity contribution in [1.82, 2.24) is 49.0 Å². The summed E-state index contributed by atoms with van der Waals surface area (Å²) in [5, 5.41) is 0. The lowest BCUT2D eigenvalue weighted by Crippen LogP contribution is -2.61. The Morgan fingerprint density at radius 2 is 0.560 bits per heavy atom. The van der Waals surface area contributed by atoms with Gasteiger partial charge < -0.3 is 34.1 Å². The van der Waals surface area contributed by atoms with Gasteiger partial charge in [0.1, 0.15) is 0 Å². The molecule has 0 aromatic heterocycles. The Balaban J connectivity index is 0.000000185. The SMILES string of the molecule is CC(C)N(C)C.CC(C)N(C)C.CC(C)N1C2CCCC1C2.CC(C)N1C2CCCC1CC2.CC(C)N1C2CCCC1COC2.CC(C)N1CC2CC(C2)C1.CC(C)N1CC2CCC(C2)C1.CC(C)N1CC2CCC1CC2.CC(C)N1CCC1.CC(C)N1CCC1. The van der Waals surface area contributed by atoms with Gasteiger partial charge >= 0.3 is 0 Å². The third kappa shape index (κ3) is 27.0. The Morgan fingerprint density at radius 3 is 0.791 bits per heavy atom. The number of likely N-dealkylation sites (tertiary alicyclic amines) is 3. The fraction of sp³-hybridized carbons (Fsp3) is 1.00. The van der Waals surface area contributed by atoms with E-state index >= 15 is 0 Å². The highest BCUT2D eigenvalue weighted by atomic mass is 16.5. The molecule has 0 spiro atoms. The van der Waals surface area contributed by atoms with Crippen LogP contribution in [0.2, 0.25) is 0 Å². The van der Waals surface area contributed by atoms with Crippen LogP contribution in [0.15, 0.2) is 0 Å². The minimum Gasteiger partial charge on any atom is -0.378 e. The molecule has 538 valence electrons. The molecule has 17 fully saturated rings. The maximum absolute atomic E-state index is 5.58. The summed E-state index contributed by atoms with van der Waals surface area (Å²) in [6.45, 7) is 59.7. The molecule has 4 aliphatic carbocycles. The predicted molar refractivity (Wildman–Crippen MR) is 398 cm³/mol. The Labute approximate surface area is 569 Å². The molecule has 13 aliphatic heterocycles. The molecule has 8 unspecified atom stereocenters. The highest BCUT2D eigenvalue weighted by Crippen LogP contribution is 2.42. The van der Waals surface area contributed by atoms with Crippen LogP contribution < -0.4 is 0 Å². The van der Waals surface area contributed by atoms with Crippen molar-refractivity contribution in [3.8, 4) is 0 Å². The predicted octanol–water partition coefficient (Wildman–Crippen LogP) is 16.3. The smallest absolute Gasteiger partial charge is 0.0622 e. The van der Waals surface area contributed by atoms with Crippen molar-refractivity contribution in [3.05, 3.63) is 0 Å². The van der Waals surface area contributed by atoms with E-state index in [0.29, 0.717) is 18.1 Å². The Bertz CT molecular complexity index is 1730. The second kappa shape index (κ2) is 41.2. The lowest BCUT2D eigenvalue weighted by molar-refractivity contribution is -0.0871. The topological polar surface area (TPSA) is 41.6 Å². The van der Waals surface area contributed by atoms with Gasteiger partial charge in [-0.25, -0.2) is 0 Å². The Kier molecular flexibility index (Phi) is 36.8. The van der Waals surface area contributed by atoms with E-state index in [0.717, 1.165) is 127 Å². The molecule has 0 N–H and O–H groups in total. The molecule has 0 aromatic rings. The van der Waals surface area contributed by atoms with Gasteiger partial charge in [0.05, 0.1) is 13.2 Å². The second-order valence-corrected chi connectivity index (χ2v) is 35.1. The number of ether oxygens (including phenoxy) is 1. The van der Waals surface area contributed by atoms with Crippen molar-refractivity contribution in [1.29, 1.82) is 0 Å². The molecule has 11 nitrogen and oxygen atoms in total. The molecule has 4 saturated carbocycles. The van der Waals surface area contributed by atoms with Gasteiger partial charge in [-0.3, -0.25) is 19.6 Å². The van der Waals surface area contributed by atoms with Crippen molar-refractivity contribution < 1.29 is 4.74 Å². The van der Waals surface area contributed by atoms with E-state index in [-0.39, 0.29) is 0 Å². The number of hydrogen-bond donors (Lipinski definition) is 0. The first kappa shape index (κ1) is 81.2. The van der Waals surface area contributed by atoms with Gasteiger partial charge in [0.2, 0.25) is 0 Å². The van der Waals surface area contributed by atoms with E-state index in [9.17, 15) is 0 Å². The number of fused-ring (bicyclic) bond motifs is 13. The molecule has 17 rings (SSSR count). The van der Waals surface area contributed by atoms with Crippen molar-refractivity contribution in [2.45, 2.75) is 389 Å². The van der Waals surface area contributed by atoms with E-state index in [1.165, 1.54) is 207 Å². The fourth-order valence-electron chi connectivity index (χ4n) is 17.8. The maximum Gasteiger partial charge on any atom is 0.0622 e. The van der Waals surface area contributed by atoms with Crippen LogP contribution in [0.25, 0.3) is 0 Å². The molecule has 13 heterocycles. The summed E-state index contributed by atoms with van der Waals surface area (Å²) < 4.78 is 5.58. The van der Waals surface area contributed by atoms with Crippen LogP contribution in [0.3, 0.4) is 0 Å². The van der Waals surface area contributed by atoms with Crippen molar-refractivity contribution in [2.24, 2.45) is 29.6 Å². The summed E-state index contributed by atoms with van der Waals surface area (Å²) in [6.07, 6.45) is 33.8. The van der Waals surface area contributed by atoms with Gasteiger partial charge in [0.15, 0.2) is 0 Å². The first-order chi connectivity index (χ1) is 43.0. The first-order valence-electron chi connectivity index (χ1n) is 40.0. The van der Waals surface area contributed by atoms with Gasteiger partial charge in [-0.15, -0.1) is 0 Å². The Morgan fingerprint density at radius 1 is 0.264 bits per heavy atom. The number of hydrogen-bond acceptors (Lipinski definition) is 11. The molecule has 0 amide bonds. The molecular formula is C80H162N10O. The van der Waals surface area contributed by atoms with E-state index in [4.69, 9.17) is 4.74 Å². The zero-order chi connectivity index (χ0) is 67.2. The molecule has 13 saturated heterocycles. The van der Waals surface area contributed by atoms with Crippen molar-refractivity contribution in [2.75, 3.05) is 100 Å². The van der Waals surface area contributed by atoms with E-state index < -0.39 is 0 Å². The Hall–Kier alpha value is -0.440. The summed E-state index contributed by atoms with van der Waals surface area (Å²) >= 11 is 0. The minimum absolute atomic E-state index is 0.685. The standard InChI is InChI=1S/C10H19NO.3C10H19N.2C9H17N.2C6H13N.2C5H13N/c1-8(2)11-9-4-3-5-10(11)7-12-6-9;1-8(2)11-7-9-3-5-10(11)6-4-9;1-8(2)11-6-9-3-4-10(5-9)7-11;1-8(2)11-9-4-3-5-10(11)7-6-9;1-7(2)10-5-8-3-9(4-8)6-10;1-7(2)10-8-4-3-5-9(10)6-8;2*1-6(2)7-4-3-5-7;2*1-5(2)6(3)4/h8-10H,3-7H2,1-2H3;3*8-10H,3-7H2,1-2H3;2*7-9H,3-6H2,1-2H3;2*6H,3-5H2,1-2H3;2*5H,1-4H3. The maximum atomic E-state index is 5.58. The molecule has 0 radical (unpaired) electrons. The van der Waals surface area contributed by atoms with Gasteiger partial charge in [-0.2, -0.15) is 0 Å². The number of morpholine rings is 1. The van der Waals surface area contributed by atoms with Crippen LogP contribution in [0, 0.1) is 29.6 Å². The van der Waals surface area contributed by atoms with Crippen LogP contribution in [0.5, 0.6) is 0 Å². The summed E-state index contributed by atoms with van der Waals surface area (Å²) in [7, 11) is 8.30. The molecule has 12 bridgehead atoms. The fourth-order valence-corrected chi connectivity index (χ4v) is 17.8. The normalized spacial score (nSPS) is 32.6. The molecular weight excluding hydrogens is 1120 g/mol. The van der Waals surface area contributed by atoms with Crippen LogP contribution >= 0.6 is 0 Å². The molecule has 91 heavy (non-hydrogen) atoms. The van der Waals surface area contributed by atoms with Gasteiger partial charge in [-0.05, 0) is 351 Å². The van der Waals surface area contributed by atoms with E-state index in [1.54, 1.807) is 0 Å². The lowest BCUT2D eigenvalue weighted by Gasteiger charge is -2.55. The second-order valence-electron chi connectivity index (χ2n) is 35.1. The van der Waals surface area contributed by atoms with Gasteiger partial charge in [0, 0.05) is 135 Å². The van der Waals surface area contributed by atoms with Gasteiger partial charge in [0.25, 0.3) is 0 Å². The van der Waals surface area contributed by atoms with Crippen molar-refractivity contribution in [3.63, 3.8) is 0 Å². The molecule has 11 heteroatoms. The van der Waals surface area contributed by atoms with Crippen LogP contribution in [0.4, 0.5) is 0 Å². The van der Waals surface area contributed by atoms with Crippen molar-refractivity contribution >= 4 is 0 Å². The van der Waals surface area contributed by atoms with Crippen LogP contribution in [-0.4, -0.2) is 252 Å². The largest absolute Gasteiger partial charge is 0.378 e. The highest BCUT2D eigenvalue weighted by molar-refractivity contribution is 4.99. The van der Waals surface area contributed by atoms with E-state index in [1.807, 2.05) is 0 Å². The average Bonchev–Trinajstić information content (AvgIpc) is 1.54. The molecule has 0 aromatic carbocycles. The first-order valence-corrected chi connectivity index (χ1v) is 40.0.